The number of hydrogen-bond acceptors (Lipinski definition) is 0. The van der Waals surface area contributed by atoms with Gasteiger partial charge in [-0.2, -0.15) is 0 Å². The minimum atomic E-state index is -2.57. The van der Waals surface area contributed by atoms with E-state index in [1.807, 2.05) is 0 Å². The molecule has 0 spiro atoms. The Morgan fingerprint density at radius 1 is 0.806 bits per heavy atom. The van der Waals surface area contributed by atoms with Crippen LogP contribution in [0.2, 0.25) is 0 Å². The molecule has 0 aliphatic heterocycles. The van der Waals surface area contributed by atoms with Crippen LogP contribution in [0.25, 0.3) is 17.2 Å². The van der Waals surface area contributed by atoms with Crippen molar-refractivity contribution in [1.29, 1.82) is 0 Å². The van der Waals surface area contributed by atoms with E-state index >= 15 is 0 Å². The molecule has 0 amide bonds. The molecule has 0 aromatic heterocycles. The Balaban J connectivity index is 2.39. The van der Waals surface area contributed by atoms with Crippen LogP contribution in [0.1, 0.15) is 112 Å². The quantitative estimate of drug-likeness (QED) is 0.357. The molecule has 0 N–H and O–H groups in total. The van der Waals surface area contributed by atoms with E-state index in [1.54, 1.807) is 0 Å². The van der Waals surface area contributed by atoms with Gasteiger partial charge in [-0.05, 0) is 0 Å². The first-order valence-electron chi connectivity index (χ1n) is 11.5. The zero-order valence-electron chi connectivity index (χ0n) is 20.5. The van der Waals surface area contributed by atoms with E-state index in [-0.39, 0.29) is 9.04 Å². The molecule has 0 heterocycles. The summed E-state index contributed by atoms with van der Waals surface area (Å²) in [6, 6.07) is 11.9. The van der Waals surface area contributed by atoms with Gasteiger partial charge in [-0.3, -0.25) is 0 Å². The summed E-state index contributed by atoms with van der Waals surface area (Å²) in [5, 5.41) is 0. The monoisotopic (exact) mass is 533 g/mol. The van der Waals surface area contributed by atoms with Crippen LogP contribution < -0.4 is 0 Å². The third kappa shape index (κ3) is 5.10. The zero-order valence-corrected chi connectivity index (χ0v) is 24.5. The molecule has 3 rings (SSSR count). The van der Waals surface area contributed by atoms with E-state index in [1.165, 1.54) is 44.5 Å². The van der Waals surface area contributed by atoms with Gasteiger partial charge in [0.15, 0.2) is 0 Å². The molecule has 2 aromatic rings. The number of rotatable bonds is 5. The molecule has 167 valence electrons. The van der Waals surface area contributed by atoms with E-state index in [2.05, 4.69) is 98.7 Å². The summed E-state index contributed by atoms with van der Waals surface area (Å²) in [5.41, 5.74) is 11.1. The van der Waals surface area contributed by atoms with Crippen LogP contribution in [-0.2, 0) is 19.4 Å². The SMILES string of the molecule is CC(C)c1cc(-c2c(C(C)C)ccc3c2C=C(C(C)(C)C)[CH]3[Zr]([Cl])[Cl])cc(C(C)C)c1. The van der Waals surface area contributed by atoms with Crippen LogP contribution in [0.3, 0.4) is 0 Å². The van der Waals surface area contributed by atoms with Crippen molar-refractivity contribution in [3.05, 3.63) is 63.7 Å². The van der Waals surface area contributed by atoms with Gasteiger partial charge in [-0.25, -0.2) is 0 Å². The molecular weight excluding hydrogens is 498 g/mol. The van der Waals surface area contributed by atoms with Crippen LogP contribution in [-0.4, -0.2) is 0 Å². The summed E-state index contributed by atoms with van der Waals surface area (Å²) >= 11 is -2.57. The molecule has 31 heavy (non-hydrogen) atoms. The van der Waals surface area contributed by atoms with Crippen molar-refractivity contribution in [3.8, 4) is 11.1 Å². The van der Waals surface area contributed by atoms with Crippen molar-refractivity contribution in [2.24, 2.45) is 5.41 Å². The van der Waals surface area contributed by atoms with Gasteiger partial charge in [-0.15, -0.1) is 0 Å². The fourth-order valence-electron chi connectivity index (χ4n) is 4.64. The van der Waals surface area contributed by atoms with Gasteiger partial charge >= 0.3 is 206 Å². The molecule has 1 atom stereocenters. The summed E-state index contributed by atoms with van der Waals surface area (Å²) in [6.45, 7) is 20.6. The van der Waals surface area contributed by atoms with Gasteiger partial charge in [0, 0.05) is 0 Å². The number of allylic oxidation sites excluding steroid dienone is 1. The molecule has 1 aliphatic carbocycles. The van der Waals surface area contributed by atoms with E-state index in [0.717, 1.165) is 0 Å². The van der Waals surface area contributed by atoms with Crippen molar-refractivity contribution in [3.63, 3.8) is 0 Å². The van der Waals surface area contributed by atoms with E-state index in [9.17, 15) is 0 Å². The fraction of sp³-hybridized carbons (Fsp3) is 0.500. The molecule has 0 radical (unpaired) electrons. The standard InChI is InChI=1S/C28H37.2ClH.Zr/c1-17(2)21-12-22(18(3)4)14-23(13-21)27-25(19(5)6)11-10-20-15-24(16-26(20)27)28(7,8)9;;;/h10-19H,1-9H3;2*1H;/q;;;+2/p-2. The summed E-state index contributed by atoms with van der Waals surface area (Å²) < 4.78 is 0.235. The first kappa shape index (κ1) is 25.3. The Labute approximate surface area is 205 Å². The predicted octanol–water partition coefficient (Wildman–Crippen LogP) is 10.1. The van der Waals surface area contributed by atoms with Crippen LogP contribution >= 0.6 is 17.0 Å². The summed E-state index contributed by atoms with van der Waals surface area (Å²) in [5.74, 6) is 1.44. The van der Waals surface area contributed by atoms with Crippen molar-refractivity contribution in [2.75, 3.05) is 0 Å². The first-order valence-corrected chi connectivity index (χ1v) is 19.3. The first-order chi connectivity index (χ1) is 14.3. The van der Waals surface area contributed by atoms with Gasteiger partial charge in [0.1, 0.15) is 0 Å². The zero-order chi connectivity index (χ0) is 23.2. The molecule has 1 unspecified atom stereocenters. The van der Waals surface area contributed by atoms with Crippen molar-refractivity contribution in [1.82, 2.24) is 0 Å². The maximum atomic E-state index is 6.77. The van der Waals surface area contributed by atoms with Gasteiger partial charge in [-0.1, -0.05) is 0 Å². The van der Waals surface area contributed by atoms with Gasteiger partial charge in [0.05, 0.1) is 0 Å². The Morgan fingerprint density at radius 3 is 1.77 bits per heavy atom. The predicted molar refractivity (Wildman–Crippen MR) is 136 cm³/mol. The second-order valence-corrected chi connectivity index (χ2v) is 19.8. The molecule has 0 fully saturated rings. The topological polar surface area (TPSA) is 0 Å². The number of benzene rings is 2. The maximum absolute atomic E-state index is 6.77. The van der Waals surface area contributed by atoms with Crippen molar-refractivity contribution < 1.29 is 19.4 Å². The Morgan fingerprint density at radius 2 is 1.35 bits per heavy atom. The average molecular weight is 536 g/mol. The van der Waals surface area contributed by atoms with Gasteiger partial charge in [0.25, 0.3) is 0 Å². The molecule has 0 saturated carbocycles. The van der Waals surface area contributed by atoms with Gasteiger partial charge in [0.2, 0.25) is 0 Å². The second-order valence-electron chi connectivity index (χ2n) is 11.0. The summed E-state index contributed by atoms with van der Waals surface area (Å²) in [4.78, 5) is 0. The van der Waals surface area contributed by atoms with E-state index < -0.39 is 19.4 Å². The van der Waals surface area contributed by atoms with E-state index in [0.29, 0.717) is 17.8 Å². The van der Waals surface area contributed by atoms with E-state index in [4.69, 9.17) is 17.0 Å². The Kier molecular flexibility index (Phi) is 7.73. The summed E-state index contributed by atoms with van der Waals surface area (Å²) in [6.07, 6.45) is 2.43. The molecule has 3 heteroatoms. The third-order valence-electron chi connectivity index (χ3n) is 6.54. The fourth-order valence-corrected chi connectivity index (χ4v) is 10.5. The number of fused-ring (bicyclic) bond motifs is 1. The van der Waals surface area contributed by atoms with Crippen LogP contribution in [0.4, 0.5) is 0 Å². The van der Waals surface area contributed by atoms with Crippen molar-refractivity contribution in [2.45, 2.75) is 83.7 Å². The van der Waals surface area contributed by atoms with Crippen LogP contribution in [0.5, 0.6) is 0 Å². The number of hydrogen-bond donors (Lipinski definition) is 0. The molecule has 1 aliphatic rings. The second kappa shape index (κ2) is 9.48. The average Bonchev–Trinajstić information content (AvgIpc) is 3.06. The van der Waals surface area contributed by atoms with Crippen LogP contribution in [0, 0.1) is 5.41 Å². The Hall–Kier alpha value is -0.357. The normalized spacial score (nSPS) is 16.3. The molecular formula is C28H37Cl2Zr. The molecule has 0 bridgehead atoms. The van der Waals surface area contributed by atoms with Crippen LogP contribution in [0.15, 0.2) is 35.9 Å². The summed E-state index contributed by atoms with van der Waals surface area (Å²) in [7, 11) is 13.5. The Bertz CT molecular complexity index is 965. The van der Waals surface area contributed by atoms with Crippen molar-refractivity contribution >= 4 is 23.1 Å². The molecule has 2 aromatic carbocycles. The molecule has 0 saturated heterocycles. The minimum absolute atomic E-state index is 0.0530. The number of halogens is 2. The van der Waals surface area contributed by atoms with Gasteiger partial charge < -0.3 is 0 Å². The molecule has 0 nitrogen and oxygen atoms in total. The third-order valence-corrected chi connectivity index (χ3v) is 11.7.